The van der Waals surface area contributed by atoms with E-state index in [-0.39, 0.29) is 0 Å². The zero-order chi connectivity index (χ0) is 13.9. The van der Waals surface area contributed by atoms with Gasteiger partial charge in [0.2, 0.25) is 5.82 Å². The molecule has 0 aromatic carbocycles. The Kier molecular flexibility index (Phi) is 3.56. The zero-order valence-corrected chi connectivity index (χ0v) is 12.1. The minimum Gasteiger partial charge on any atom is -0.333 e. The SMILES string of the molecule is CC(C)Cc1ccc(-c2nc(-c3cncnc3)no2)s1. The molecule has 5 nitrogen and oxygen atoms in total. The van der Waals surface area contributed by atoms with Crippen LogP contribution in [0.2, 0.25) is 0 Å². The van der Waals surface area contributed by atoms with Crippen molar-refractivity contribution in [2.45, 2.75) is 20.3 Å². The van der Waals surface area contributed by atoms with Crippen molar-refractivity contribution in [3.05, 3.63) is 35.7 Å². The maximum absolute atomic E-state index is 5.32. The fourth-order valence-corrected chi connectivity index (χ4v) is 3.00. The van der Waals surface area contributed by atoms with Gasteiger partial charge in [0.05, 0.1) is 10.4 Å². The van der Waals surface area contributed by atoms with Crippen LogP contribution in [0.25, 0.3) is 22.2 Å². The Labute approximate surface area is 120 Å². The van der Waals surface area contributed by atoms with Gasteiger partial charge in [-0.2, -0.15) is 4.98 Å². The minimum atomic E-state index is 0.513. The fraction of sp³-hybridized carbons (Fsp3) is 0.286. The topological polar surface area (TPSA) is 64.7 Å². The summed E-state index contributed by atoms with van der Waals surface area (Å²) in [6, 6.07) is 4.15. The Morgan fingerprint density at radius 2 is 2.00 bits per heavy atom. The molecule has 20 heavy (non-hydrogen) atoms. The van der Waals surface area contributed by atoms with Crippen molar-refractivity contribution in [3.8, 4) is 22.2 Å². The predicted molar refractivity (Wildman–Crippen MR) is 77.2 cm³/mol. The van der Waals surface area contributed by atoms with E-state index in [9.17, 15) is 0 Å². The van der Waals surface area contributed by atoms with Crippen molar-refractivity contribution in [2.24, 2.45) is 5.92 Å². The van der Waals surface area contributed by atoms with E-state index in [0.717, 1.165) is 16.9 Å². The van der Waals surface area contributed by atoms with Crippen LogP contribution in [0.15, 0.2) is 35.4 Å². The molecule has 102 valence electrons. The molecule has 3 rings (SSSR count). The van der Waals surface area contributed by atoms with Gasteiger partial charge in [-0.25, -0.2) is 9.97 Å². The van der Waals surface area contributed by atoms with Gasteiger partial charge >= 0.3 is 0 Å². The van der Waals surface area contributed by atoms with Gasteiger partial charge in [-0.15, -0.1) is 11.3 Å². The molecule has 0 atom stereocenters. The Balaban J connectivity index is 1.85. The highest BCUT2D eigenvalue weighted by atomic mass is 32.1. The summed E-state index contributed by atoms with van der Waals surface area (Å²) in [6.07, 6.45) is 5.88. The van der Waals surface area contributed by atoms with Crippen molar-refractivity contribution < 1.29 is 4.52 Å². The summed E-state index contributed by atoms with van der Waals surface area (Å²) in [5.41, 5.74) is 0.751. The third-order valence-electron chi connectivity index (χ3n) is 2.73. The molecule has 0 amide bonds. The first-order valence-corrected chi connectivity index (χ1v) is 7.22. The molecule has 3 heterocycles. The number of aromatic nitrogens is 4. The molecule has 3 aromatic heterocycles. The molecule has 0 unspecified atom stereocenters. The fourth-order valence-electron chi connectivity index (χ4n) is 1.86. The summed E-state index contributed by atoms with van der Waals surface area (Å²) in [7, 11) is 0. The second kappa shape index (κ2) is 5.50. The summed E-state index contributed by atoms with van der Waals surface area (Å²) in [5, 5.41) is 3.97. The molecule has 0 aliphatic rings. The van der Waals surface area contributed by atoms with Crippen molar-refractivity contribution in [2.75, 3.05) is 0 Å². The number of hydrogen-bond donors (Lipinski definition) is 0. The van der Waals surface area contributed by atoms with Gasteiger partial charge in [-0.3, -0.25) is 0 Å². The van der Waals surface area contributed by atoms with E-state index >= 15 is 0 Å². The lowest BCUT2D eigenvalue weighted by Gasteiger charge is -1.99. The number of nitrogens with zero attached hydrogens (tertiary/aromatic N) is 4. The quantitative estimate of drug-likeness (QED) is 0.735. The Morgan fingerprint density at radius 3 is 2.75 bits per heavy atom. The molecular weight excluding hydrogens is 272 g/mol. The van der Waals surface area contributed by atoms with Gasteiger partial charge in [-0.1, -0.05) is 19.0 Å². The van der Waals surface area contributed by atoms with E-state index in [0.29, 0.717) is 17.6 Å². The molecule has 0 N–H and O–H groups in total. The van der Waals surface area contributed by atoms with Crippen LogP contribution in [0, 0.1) is 5.92 Å². The monoisotopic (exact) mass is 286 g/mol. The zero-order valence-electron chi connectivity index (χ0n) is 11.3. The van der Waals surface area contributed by atoms with Crippen LogP contribution in [-0.4, -0.2) is 20.1 Å². The third-order valence-corrected chi connectivity index (χ3v) is 3.82. The van der Waals surface area contributed by atoms with E-state index in [1.54, 1.807) is 23.7 Å². The van der Waals surface area contributed by atoms with Gasteiger partial charge < -0.3 is 4.52 Å². The van der Waals surface area contributed by atoms with Crippen molar-refractivity contribution >= 4 is 11.3 Å². The standard InChI is InChI=1S/C14H14N4OS/c1-9(2)5-11-3-4-12(20-11)14-17-13(18-19-14)10-6-15-8-16-7-10/h3-4,6-9H,5H2,1-2H3. The molecule has 0 aliphatic carbocycles. The summed E-state index contributed by atoms with van der Waals surface area (Å²) < 4.78 is 5.32. The molecule has 3 aromatic rings. The second-order valence-electron chi connectivity index (χ2n) is 4.91. The molecule has 0 bridgehead atoms. The molecule has 0 fully saturated rings. The number of thiophene rings is 1. The van der Waals surface area contributed by atoms with E-state index in [2.05, 4.69) is 40.0 Å². The highest BCUT2D eigenvalue weighted by Crippen LogP contribution is 2.29. The second-order valence-corrected chi connectivity index (χ2v) is 6.08. The first-order chi connectivity index (χ1) is 9.72. The number of hydrogen-bond acceptors (Lipinski definition) is 6. The van der Waals surface area contributed by atoms with Crippen molar-refractivity contribution in [3.63, 3.8) is 0 Å². The lowest BCUT2D eigenvalue weighted by molar-refractivity contribution is 0.433. The van der Waals surface area contributed by atoms with Crippen LogP contribution in [0.4, 0.5) is 0 Å². The van der Waals surface area contributed by atoms with Crippen LogP contribution >= 0.6 is 11.3 Å². The van der Waals surface area contributed by atoms with Crippen molar-refractivity contribution in [1.29, 1.82) is 0 Å². The van der Waals surface area contributed by atoms with E-state index < -0.39 is 0 Å². The van der Waals surface area contributed by atoms with Gasteiger partial charge in [0.1, 0.15) is 6.33 Å². The smallest absolute Gasteiger partial charge is 0.268 e. The van der Waals surface area contributed by atoms with Crippen LogP contribution in [0.3, 0.4) is 0 Å². The van der Waals surface area contributed by atoms with Gasteiger partial charge in [0, 0.05) is 17.3 Å². The molecule has 0 aliphatic heterocycles. The summed E-state index contributed by atoms with van der Waals surface area (Å²) in [4.78, 5) is 14.6. The van der Waals surface area contributed by atoms with E-state index in [1.807, 2.05) is 6.07 Å². The lowest BCUT2D eigenvalue weighted by Crippen LogP contribution is -1.89. The third kappa shape index (κ3) is 2.75. The summed E-state index contributed by atoms with van der Waals surface area (Å²) in [5.74, 6) is 1.70. The summed E-state index contributed by atoms with van der Waals surface area (Å²) in [6.45, 7) is 4.42. The van der Waals surface area contributed by atoms with Crippen LogP contribution in [0.5, 0.6) is 0 Å². The summed E-state index contributed by atoms with van der Waals surface area (Å²) >= 11 is 1.70. The first-order valence-electron chi connectivity index (χ1n) is 6.40. The highest BCUT2D eigenvalue weighted by molar-refractivity contribution is 7.15. The molecule has 0 saturated carbocycles. The van der Waals surface area contributed by atoms with Crippen molar-refractivity contribution in [1.82, 2.24) is 20.1 Å². The Bertz CT molecular complexity index is 690. The average Bonchev–Trinajstić information content (AvgIpc) is 3.07. The maximum Gasteiger partial charge on any atom is 0.268 e. The molecule has 0 spiro atoms. The molecule has 0 saturated heterocycles. The largest absolute Gasteiger partial charge is 0.333 e. The van der Waals surface area contributed by atoms with E-state index in [1.165, 1.54) is 11.2 Å². The van der Waals surface area contributed by atoms with Crippen LogP contribution in [0.1, 0.15) is 18.7 Å². The lowest BCUT2D eigenvalue weighted by atomic mass is 10.1. The Hall–Kier alpha value is -2.08. The van der Waals surface area contributed by atoms with Crippen LogP contribution < -0.4 is 0 Å². The van der Waals surface area contributed by atoms with Gasteiger partial charge in [0.25, 0.3) is 5.89 Å². The molecule has 6 heteroatoms. The first kappa shape index (κ1) is 12.9. The normalized spacial score (nSPS) is 11.2. The van der Waals surface area contributed by atoms with Crippen LogP contribution in [-0.2, 0) is 6.42 Å². The maximum atomic E-state index is 5.32. The molecular formula is C14H14N4OS. The average molecular weight is 286 g/mol. The van der Waals surface area contributed by atoms with Gasteiger partial charge in [-0.05, 0) is 24.5 Å². The molecule has 0 radical (unpaired) electrons. The Morgan fingerprint density at radius 1 is 1.20 bits per heavy atom. The number of rotatable bonds is 4. The predicted octanol–water partition coefficient (Wildman–Crippen LogP) is 3.45. The van der Waals surface area contributed by atoms with E-state index in [4.69, 9.17) is 4.52 Å². The van der Waals surface area contributed by atoms with Gasteiger partial charge in [0.15, 0.2) is 0 Å². The highest BCUT2D eigenvalue weighted by Gasteiger charge is 2.13. The minimum absolute atomic E-state index is 0.513.